The number of nitrogens with zero attached hydrogens (tertiary/aromatic N) is 3. The molecule has 0 radical (unpaired) electrons. The van der Waals surface area contributed by atoms with Crippen LogP contribution < -0.4 is 10.6 Å². The van der Waals surface area contributed by atoms with Gasteiger partial charge in [0, 0.05) is 12.6 Å². The van der Waals surface area contributed by atoms with Gasteiger partial charge in [-0.1, -0.05) is 13.0 Å². The fourth-order valence-electron chi connectivity index (χ4n) is 3.66. The van der Waals surface area contributed by atoms with E-state index < -0.39 is 0 Å². The molecule has 1 fully saturated rings. The summed E-state index contributed by atoms with van der Waals surface area (Å²) < 4.78 is 1.13. The molecule has 1 amide bonds. The summed E-state index contributed by atoms with van der Waals surface area (Å²) in [5, 5.41) is 6.30. The van der Waals surface area contributed by atoms with E-state index in [1.807, 2.05) is 17.6 Å². The Morgan fingerprint density at radius 3 is 3.15 bits per heavy atom. The Hall–Kier alpha value is -2.25. The Bertz CT molecular complexity index is 900. The number of carbonyl (C=O) groups excluding carboxylic acids is 1. The van der Waals surface area contributed by atoms with Gasteiger partial charge in [0.25, 0.3) is 5.91 Å². The van der Waals surface area contributed by atoms with Crippen LogP contribution in [0.5, 0.6) is 0 Å². The van der Waals surface area contributed by atoms with Crippen LogP contribution in [0, 0.1) is 0 Å². The number of likely N-dealkylation sites (tertiary alicyclic amines) is 1. The van der Waals surface area contributed by atoms with E-state index in [9.17, 15) is 4.79 Å². The maximum Gasteiger partial charge on any atom is 0.277 e. The van der Waals surface area contributed by atoms with Crippen molar-refractivity contribution in [3.63, 3.8) is 0 Å². The van der Waals surface area contributed by atoms with E-state index in [1.54, 1.807) is 11.3 Å². The quantitative estimate of drug-likeness (QED) is 0.816. The number of guanidine groups is 1. The van der Waals surface area contributed by atoms with Gasteiger partial charge in [-0.2, -0.15) is 0 Å². The molecule has 0 saturated carbocycles. The summed E-state index contributed by atoms with van der Waals surface area (Å²) in [5.41, 5.74) is 5.36. The molecule has 1 atom stereocenters. The molecule has 7 heteroatoms. The van der Waals surface area contributed by atoms with E-state index >= 15 is 0 Å². The van der Waals surface area contributed by atoms with Gasteiger partial charge in [0.2, 0.25) is 5.96 Å². The standard InChI is InChI=1S/C19H23N5OS/c1-3-14(12-6-7-15-16(9-12)26-11-20-15)17-18(25)23-19(22-17)21-13-5-4-8-24(2)10-13/h6-7,9,11,13H,3-5,8,10H2,1-2H3,(H2,21,22,23,25)/b17-14-. The SMILES string of the molecule is CC/C(=C1/N=C(NC2CCCN(C)C2)NC1=O)c1ccc2ncsc2c1. The Morgan fingerprint density at radius 2 is 2.35 bits per heavy atom. The van der Waals surface area contributed by atoms with E-state index in [0.717, 1.165) is 53.7 Å². The molecular weight excluding hydrogens is 346 g/mol. The molecule has 4 rings (SSSR count). The minimum Gasteiger partial charge on any atom is -0.352 e. The zero-order valence-electron chi connectivity index (χ0n) is 15.1. The van der Waals surface area contributed by atoms with Crippen LogP contribution in [0.3, 0.4) is 0 Å². The Morgan fingerprint density at radius 1 is 1.46 bits per heavy atom. The van der Waals surface area contributed by atoms with E-state index in [-0.39, 0.29) is 5.91 Å². The molecule has 1 unspecified atom stereocenters. The van der Waals surface area contributed by atoms with Crippen molar-refractivity contribution in [1.29, 1.82) is 0 Å². The number of nitrogens with one attached hydrogen (secondary N) is 2. The minimum atomic E-state index is -0.127. The third-order valence-corrected chi connectivity index (χ3v) is 5.75. The van der Waals surface area contributed by atoms with Crippen LogP contribution in [-0.2, 0) is 4.79 Å². The zero-order valence-corrected chi connectivity index (χ0v) is 15.9. The van der Waals surface area contributed by atoms with Crippen LogP contribution in [0.25, 0.3) is 15.8 Å². The summed E-state index contributed by atoms with van der Waals surface area (Å²) in [6.07, 6.45) is 3.00. The monoisotopic (exact) mass is 369 g/mol. The largest absolute Gasteiger partial charge is 0.352 e. The molecule has 2 aromatic rings. The smallest absolute Gasteiger partial charge is 0.277 e. The molecule has 2 aliphatic heterocycles. The van der Waals surface area contributed by atoms with E-state index in [0.29, 0.717) is 17.7 Å². The third kappa shape index (κ3) is 3.37. The lowest BCUT2D eigenvalue weighted by molar-refractivity contribution is -0.115. The predicted octanol–water partition coefficient (Wildman–Crippen LogP) is 2.59. The molecule has 6 nitrogen and oxygen atoms in total. The number of piperidine rings is 1. The summed E-state index contributed by atoms with van der Waals surface area (Å²) in [4.78, 5) is 23.8. The number of fused-ring (bicyclic) bond motifs is 1. The summed E-state index contributed by atoms with van der Waals surface area (Å²) in [6, 6.07) is 6.46. The highest BCUT2D eigenvalue weighted by Crippen LogP contribution is 2.29. The molecule has 0 aliphatic carbocycles. The fraction of sp³-hybridized carbons (Fsp3) is 0.421. The van der Waals surface area contributed by atoms with Crippen molar-refractivity contribution in [2.45, 2.75) is 32.2 Å². The molecule has 0 spiro atoms. The van der Waals surface area contributed by atoms with E-state index in [2.05, 4.69) is 45.5 Å². The lowest BCUT2D eigenvalue weighted by Gasteiger charge is -2.30. The number of aromatic nitrogens is 1. The van der Waals surface area contributed by atoms with Gasteiger partial charge in [0.05, 0.1) is 15.7 Å². The Kier molecular flexibility index (Phi) is 4.74. The van der Waals surface area contributed by atoms with Crippen LogP contribution in [0.2, 0.25) is 0 Å². The van der Waals surface area contributed by atoms with Crippen molar-refractivity contribution in [2.24, 2.45) is 4.99 Å². The van der Waals surface area contributed by atoms with Crippen molar-refractivity contribution in [2.75, 3.05) is 20.1 Å². The average molecular weight is 369 g/mol. The average Bonchev–Trinajstić information content (AvgIpc) is 3.22. The molecule has 136 valence electrons. The lowest BCUT2D eigenvalue weighted by Crippen LogP contribution is -2.49. The number of allylic oxidation sites excluding steroid dienone is 1. The van der Waals surface area contributed by atoms with Gasteiger partial charge >= 0.3 is 0 Å². The first kappa shape index (κ1) is 17.2. The third-order valence-electron chi connectivity index (χ3n) is 4.96. The first-order valence-corrected chi connectivity index (χ1v) is 9.94. The van der Waals surface area contributed by atoms with E-state index in [1.165, 1.54) is 0 Å². The van der Waals surface area contributed by atoms with Gasteiger partial charge in [-0.15, -0.1) is 11.3 Å². The van der Waals surface area contributed by atoms with Gasteiger partial charge in [0.15, 0.2) is 0 Å². The second kappa shape index (κ2) is 7.17. The number of aliphatic imine (C=N–C) groups is 1. The highest BCUT2D eigenvalue weighted by molar-refractivity contribution is 7.16. The van der Waals surface area contributed by atoms with E-state index in [4.69, 9.17) is 0 Å². The number of hydrogen-bond acceptors (Lipinski definition) is 6. The molecule has 2 aliphatic rings. The minimum absolute atomic E-state index is 0.127. The second-order valence-electron chi connectivity index (χ2n) is 6.88. The van der Waals surface area contributed by atoms with Crippen LogP contribution in [0.4, 0.5) is 0 Å². The number of hydrogen-bond donors (Lipinski definition) is 2. The second-order valence-corrected chi connectivity index (χ2v) is 7.76. The predicted molar refractivity (Wildman–Crippen MR) is 106 cm³/mol. The van der Waals surface area contributed by atoms with Crippen molar-refractivity contribution in [3.05, 3.63) is 35.0 Å². The summed E-state index contributed by atoms with van der Waals surface area (Å²) in [6.45, 7) is 4.16. The van der Waals surface area contributed by atoms with Gasteiger partial charge in [-0.3, -0.25) is 10.1 Å². The maximum atomic E-state index is 12.5. The molecule has 0 bridgehead atoms. The summed E-state index contributed by atoms with van der Waals surface area (Å²) in [7, 11) is 2.12. The molecule has 3 heterocycles. The normalized spacial score (nSPS) is 23.1. The van der Waals surface area contributed by atoms with Crippen LogP contribution >= 0.6 is 11.3 Å². The zero-order chi connectivity index (χ0) is 18.1. The molecule has 2 N–H and O–H groups in total. The first-order valence-electron chi connectivity index (χ1n) is 9.06. The van der Waals surface area contributed by atoms with Crippen LogP contribution in [-0.4, -0.2) is 47.9 Å². The Balaban J connectivity index is 1.62. The van der Waals surface area contributed by atoms with Crippen molar-refractivity contribution in [3.8, 4) is 0 Å². The summed E-state index contributed by atoms with van der Waals surface area (Å²) in [5.74, 6) is 0.452. The number of amides is 1. The van der Waals surface area contributed by atoms with Crippen molar-refractivity contribution in [1.82, 2.24) is 20.5 Å². The highest BCUT2D eigenvalue weighted by Gasteiger charge is 2.26. The van der Waals surface area contributed by atoms with Gasteiger partial charge in [-0.25, -0.2) is 9.98 Å². The molecule has 26 heavy (non-hydrogen) atoms. The summed E-state index contributed by atoms with van der Waals surface area (Å²) >= 11 is 1.61. The lowest BCUT2D eigenvalue weighted by atomic mass is 10.0. The maximum absolute atomic E-state index is 12.5. The van der Waals surface area contributed by atoms with Gasteiger partial charge in [-0.05, 0) is 56.1 Å². The van der Waals surface area contributed by atoms with Crippen molar-refractivity contribution < 1.29 is 4.79 Å². The van der Waals surface area contributed by atoms with Crippen molar-refractivity contribution >= 4 is 39.0 Å². The van der Waals surface area contributed by atoms with Crippen LogP contribution in [0.1, 0.15) is 31.7 Å². The fourth-order valence-corrected chi connectivity index (χ4v) is 4.38. The Labute approximate surface area is 157 Å². The van der Waals surface area contributed by atoms with Crippen LogP contribution in [0.15, 0.2) is 34.4 Å². The number of carbonyl (C=O) groups is 1. The number of benzene rings is 1. The highest BCUT2D eigenvalue weighted by atomic mass is 32.1. The molecule has 1 aromatic carbocycles. The van der Waals surface area contributed by atoms with Gasteiger partial charge in [0.1, 0.15) is 5.70 Å². The topological polar surface area (TPSA) is 69.6 Å². The van der Waals surface area contributed by atoms with Gasteiger partial charge < -0.3 is 10.2 Å². The molecule has 1 aromatic heterocycles. The number of thiazole rings is 1. The number of rotatable bonds is 3. The molecule has 1 saturated heterocycles. The first-order chi connectivity index (χ1) is 12.6. The number of likely N-dealkylation sites (N-methyl/N-ethyl adjacent to an activating group) is 1. The molecular formula is C19H23N5OS.